The van der Waals surface area contributed by atoms with Gasteiger partial charge in [0.15, 0.2) is 5.78 Å². The van der Waals surface area contributed by atoms with Gasteiger partial charge >= 0.3 is 0 Å². The molecule has 0 N–H and O–H groups in total. The van der Waals surface area contributed by atoms with E-state index in [9.17, 15) is 9.59 Å². The van der Waals surface area contributed by atoms with Crippen LogP contribution in [0.5, 0.6) is 0 Å². The Labute approximate surface area is 180 Å². The Hall–Kier alpha value is -2.20. The summed E-state index contributed by atoms with van der Waals surface area (Å²) in [6, 6.07) is 16.1. The zero-order valence-corrected chi connectivity index (χ0v) is 18.8. The van der Waals surface area contributed by atoms with Gasteiger partial charge in [-0.1, -0.05) is 67.0 Å². The van der Waals surface area contributed by atoms with Crippen molar-refractivity contribution in [3.05, 3.63) is 75.4 Å². The van der Waals surface area contributed by atoms with Gasteiger partial charge in [0.1, 0.15) is 0 Å². The lowest BCUT2D eigenvalue weighted by Crippen LogP contribution is -2.43. The number of Topliss-reactive ketones (excluding diaryl/α,β-unsaturated/α-hetero) is 1. The molecule has 150 valence electrons. The maximum Gasteiger partial charge on any atom is 0.232 e. The van der Waals surface area contributed by atoms with Crippen molar-refractivity contribution in [1.82, 2.24) is 0 Å². The Balaban J connectivity index is 1.89. The maximum atomic E-state index is 13.4. The molecule has 4 heteroatoms. The fourth-order valence-electron chi connectivity index (χ4n) is 4.62. The predicted molar refractivity (Wildman–Crippen MR) is 120 cm³/mol. The standard InChI is InChI=1S/C25H26BrNO2/c1-4-16-9-11-17(12-10-16)27-21-14-25(2,3)15-22(28)24(21)19(13-23(27)29)18-7-5-6-8-20(18)26/h5-12,19H,4,13-15H2,1-3H3. The number of carbonyl (C=O) groups is 2. The molecule has 1 aliphatic heterocycles. The third-order valence-corrected chi connectivity index (χ3v) is 6.75. The maximum absolute atomic E-state index is 13.4. The Morgan fingerprint density at radius 1 is 1.03 bits per heavy atom. The number of aryl methyl sites for hydroxylation is 1. The van der Waals surface area contributed by atoms with Crippen molar-refractivity contribution in [3.63, 3.8) is 0 Å². The quantitative estimate of drug-likeness (QED) is 0.558. The minimum Gasteiger partial charge on any atom is -0.294 e. The molecular formula is C25H26BrNO2. The first-order chi connectivity index (χ1) is 13.8. The van der Waals surface area contributed by atoms with Crippen molar-refractivity contribution in [2.24, 2.45) is 5.41 Å². The van der Waals surface area contributed by atoms with Crippen LogP contribution in [0, 0.1) is 5.41 Å². The van der Waals surface area contributed by atoms with Gasteiger partial charge in [0.05, 0.1) is 0 Å². The van der Waals surface area contributed by atoms with E-state index in [1.165, 1.54) is 5.56 Å². The number of rotatable bonds is 3. The summed E-state index contributed by atoms with van der Waals surface area (Å²) in [5.74, 6) is 0.0294. The highest BCUT2D eigenvalue weighted by Gasteiger charge is 2.44. The number of nitrogens with zero attached hydrogens (tertiary/aromatic N) is 1. The zero-order chi connectivity index (χ0) is 20.8. The predicted octanol–water partition coefficient (Wildman–Crippen LogP) is 6.18. The molecule has 1 aliphatic carbocycles. The van der Waals surface area contributed by atoms with Crippen LogP contribution < -0.4 is 4.90 Å². The highest BCUT2D eigenvalue weighted by atomic mass is 79.9. The normalized spacial score (nSPS) is 21.4. The molecule has 2 aromatic rings. The summed E-state index contributed by atoms with van der Waals surface area (Å²) in [5, 5.41) is 0. The van der Waals surface area contributed by atoms with Crippen LogP contribution in [0.4, 0.5) is 5.69 Å². The van der Waals surface area contributed by atoms with Gasteiger partial charge < -0.3 is 0 Å². The van der Waals surface area contributed by atoms with Crippen LogP contribution in [0.2, 0.25) is 0 Å². The number of carbonyl (C=O) groups excluding carboxylic acids is 2. The highest BCUT2D eigenvalue weighted by Crippen LogP contribution is 2.49. The second-order valence-corrected chi connectivity index (χ2v) is 9.68. The average molecular weight is 452 g/mol. The lowest BCUT2D eigenvalue weighted by atomic mass is 9.69. The van der Waals surface area contributed by atoms with Crippen LogP contribution in [-0.2, 0) is 16.0 Å². The molecule has 29 heavy (non-hydrogen) atoms. The van der Waals surface area contributed by atoms with E-state index in [0.29, 0.717) is 12.8 Å². The number of hydrogen-bond donors (Lipinski definition) is 0. The van der Waals surface area contributed by atoms with E-state index >= 15 is 0 Å². The number of halogens is 1. The average Bonchev–Trinajstić information content (AvgIpc) is 2.67. The highest BCUT2D eigenvalue weighted by molar-refractivity contribution is 9.10. The first kappa shape index (κ1) is 20.1. The van der Waals surface area contributed by atoms with Gasteiger partial charge in [0.25, 0.3) is 0 Å². The number of allylic oxidation sites excluding steroid dienone is 2. The Morgan fingerprint density at radius 2 is 1.72 bits per heavy atom. The van der Waals surface area contributed by atoms with E-state index in [1.54, 1.807) is 4.90 Å². The second-order valence-electron chi connectivity index (χ2n) is 8.83. The van der Waals surface area contributed by atoms with E-state index < -0.39 is 0 Å². The van der Waals surface area contributed by atoms with Gasteiger partial charge in [-0.25, -0.2) is 0 Å². The molecule has 0 spiro atoms. The van der Waals surface area contributed by atoms with Crippen molar-refractivity contribution in [2.45, 2.75) is 52.4 Å². The molecule has 0 radical (unpaired) electrons. The molecule has 1 atom stereocenters. The van der Waals surface area contributed by atoms with Gasteiger partial charge in [-0.2, -0.15) is 0 Å². The van der Waals surface area contributed by atoms with Crippen LogP contribution >= 0.6 is 15.9 Å². The molecule has 2 aromatic carbocycles. The van der Waals surface area contributed by atoms with Crippen molar-refractivity contribution in [2.75, 3.05) is 4.90 Å². The molecule has 0 saturated carbocycles. The smallest absolute Gasteiger partial charge is 0.232 e. The summed E-state index contributed by atoms with van der Waals surface area (Å²) in [6.45, 7) is 6.34. The molecule has 0 aromatic heterocycles. The lowest BCUT2D eigenvalue weighted by Gasteiger charge is -2.43. The monoisotopic (exact) mass is 451 g/mol. The van der Waals surface area contributed by atoms with E-state index in [2.05, 4.69) is 48.8 Å². The van der Waals surface area contributed by atoms with E-state index in [4.69, 9.17) is 0 Å². The molecule has 4 rings (SSSR count). The third kappa shape index (κ3) is 3.71. The summed E-state index contributed by atoms with van der Waals surface area (Å²) >= 11 is 3.63. The molecule has 0 fully saturated rings. The van der Waals surface area contributed by atoms with Crippen LogP contribution in [0.1, 0.15) is 57.1 Å². The minimum absolute atomic E-state index is 0.0549. The van der Waals surface area contributed by atoms with Gasteiger partial charge in [-0.3, -0.25) is 14.5 Å². The van der Waals surface area contributed by atoms with E-state index in [-0.39, 0.29) is 23.0 Å². The summed E-state index contributed by atoms with van der Waals surface area (Å²) in [7, 11) is 0. The Kier molecular flexibility index (Phi) is 5.24. The number of anilines is 1. The van der Waals surface area contributed by atoms with Crippen molar-refractivity contribution >= 4 is 33.3 Å². The van der Waals surface area contributed by atoms with Crippen LogP contribution in [0.3, 0.4) is 0 Å². The summed E-state index contributed by atoms with van der Waals surface area (Å²) in [5.41, 5.74) is 4.65. The van der Waals surface area contributed by atoms with Gasteiger partial charge in [0.2, 0.25) is 5.91 Å². The molecule has 1 heterocycles. The fraction of sp³-hybridized carbons (Fsp3) is 0.360. The number of benzene rings is 2. The topological polar surface area (TPSA) is 37.4 Å². The first-order valence-electron chi connectivity index (χ1n) is 10.2. The van der Waals surface area contributed by atoms with Crippen LogP contribution in [0.25, 0.3) is 0 Å². The minimum atomic E-state index is -0.192. The van der Waals surface area contributed by atoms with Gasteiger partial charge in [-0.15, -0.1) is 0 Å². The van der Waals surface area contributed by atoms with Gasteiger partial charge in [-0.05, 0) is 47.6 Å². The van der Waals surface area contributed by atoms with Crippen LogP contribution in [0.15, 0.2) is 64.3 Å². The molecule has 2 aliphatic rings. The van der Waals surface area contributed by atoms with E-state index in [1.807, 2.05) is 36.4 Å². The molecule has 0 saturated heterocycles. The Bertz CT molecular complexity index is 1000. The summed E-state index contributed by atoms with van der Waals surface area (Å²) in [6.07, 6.45) is 2.50. The third-order valence-electron chi connectivity index (χ3n) is 6.03. The molecule has 1 unspecified atom stereocenters. The zero-order valence-electron chi connectivity index (χ0n) is 17.2. The van der Waals surface area contributed by atoms with Crippen molar-refractivity contribution < 1.29 is 9.59 Å². The Morgan fingerprint density at radius 3 is 2.38 bits per heavy atom. The molecule has 3 nitrogen and oxygen atoms in total. The molecule has 1 amide bonds. The molecular weight excluding hydrogens is 426 g/mol. The molecule has 0 bridgehead atoms. The summed E-state index contributed by atoms with van der Waals surface area (Å²) in [4.78, 5) is 28.5. The first-order valence-corrected chi connectivity index (χ1v) is 11.0. The van der Waals surface area contributed by atoms with Gasteiger partial charge in [0, 0.05) is 40.2 Å². The fourth-order valence-corrected chi connectivity index (χ4v) is 5.18. The summed E-state index contributed by atoms with van der Waals surface area (Å²) < 4.78 is 0.947. The van der Waals surface area contributed by atoms with Crippen LogP contribution in [-0.4, -0.2) is 11.7 Å². The van der Waals surface area contributed by atoms with E-state index in [0.717, 1.165) is 39.8 Å². The number of amides is 1. The number of ketones is 1. The van der Waals surface area contributed by atoms with Crippen molar-refractivity contribution in [3.8, 4) is 0 Å². The second kappa shape index (κ2) is 7.56. The van der Waals surface area contributed by atoms with Crippen molar-refractivity contribution in [1.29, 1.82) is 0 Å². The lowest BCUT2D eigenvalue weighted by molar-refractivity contribution is -0.121. The number of hydrogen-bond acceptors (Lipinski definition) is 2. The largest absolute Gasteiger partial charge is 0.294 e. The SMILES string of the molecule is CCc1ccc(N2C(=O)CC(c3ccccc3Br)C3=C2CC(C)(C)CC3=O)cc1.